The number of aliphatic imine (C=N–C) groups is 1. The molecular formula is C25H19FN6S. The number of pyridine rings is 2. The van der Waals surface area contributed by atoms with E-state index in [9.17, 15) is 4.39 Å². The number of aromatic nitrogens is 5. The molecule has 6 rings (SSSR count). The fourth-order valence-electron chi connectivity index (χ4n) is 4.15. The molecule has 8 heteroatoms. The summed E-state index contributed by atoms with van der Waals surface area (Å²) >= 11 is 1.62. The standard InChI is InChI=1S/C25H19FN6S/c1-14-29-13-21(33-14)19-8-7-15-5-3-9-28-24(22(15)30-19)25-31-20-12-27-11-18(23(20)32-25)16-4-2-6-17(26)10-16/h2,4,6-8,10-13H,3,5,9H2,1H3,(H,31,32). The molecule has 0 unspecified atom stereocenters. The average Bonchev–Trinajstić information content (AvgIpc) is 3.39. The third kappa shape index (κ3) is 3.62. The Balaban J connectivity index is 1.49. The van der Waals surface area contributed by atoms with Crippen LogP contribution in [-0.4, -0.2) is 37.2 Å². The fraction of sp³-hybridized carbons (Fsp3) is 0.160. The van der Waals surface area contributed by atoms with E-state index < -0.39 is 0 Å². The second kappa shape index (κ2) is 7.97. The third-order valence-electron chi connectivity index (χ3n) is 5.71. The number of nitrogens with zero attached hydrogens (tertiary/aromatic N) is 5. The van der Waals surface area contributed by atoms with Crippen molar-refractivity contribution in [1.82, 2.24) is 24.9 Å². The van der Waals surface area contributed by atoms with E-state index in [-0.39, 0.29) is 5.82 Å². The van der Waals surface area contributed by atoms with Crippen LogP contribution in [0.25, 0.3) is 32.7 Å². The number of nitrogens with one attached hydrogen (secondary N) is 1. The summed E-state index contributed by atoms with van der Waals surface area (Å²) in [7, 11) is 0. The van der Waals surface area contributed by atoms with E-state index in [4.69, 9.17) is 15.0 Å². The Kier molecular flexibility index (Phi) is 4.80. The van der Waals surface area contributed by atoms with Gasteiger partial charge in [-0.1, -0.05) is 18.2 Å². The van der Waals surface area contributed by atoms with Crippen molar-refractivity contribution in [3.63, 3.8) is 0 Å². The maximum absolute atomic E-state index is 13.9. The number of H-pyrrole nitrogens is 1. The number of fused-ring (bicyclic) bond motifs is 2. The quantitative estimate of drug-likeness (QED) is 0.397. The fourth-order valence-corrected chi connectivity index (χ4v) is 4.89. The van der Waals surface area contributed by atoms with E-state index in [1.807, 2.05) is 19.2 Å². The van der Waals surface area contributed by atoms with Crippen LogP contribution in [0.4, 0.5) is 4.39 Å². The summed E-state index contributed by atoms with van der Waals surface area (Å²) in [4.78, 5) is 27.9. The lowest BCUT2D eigenvalue weighted by Gasteiger charge is -2.08. The van der Waals surface area contributed by atoms with Crippen molar-refractivity contribution in [1.29, 1.82) is 0 Å². The predicted octanol–water partition coefficient (Wildman–Crippen LogP) is 5.37. The molecule has 162 valence electrons. The number of hydrogen-bond acceptors (Lipinski definition) is 6. The van der Waals surface area contributed by atoms with Gasteiger partial charge in [0.05, 0.1) is 38.5 Å². The molecule has 0 fully saturated rings. The summed E-state index contributed by atoms with van der Waals surface area (Å²) in [6, 6.07) is 10.7. The van der Waals surface area contributed by atoms with Crippen molar-refractivity contribution >= 4 is 28.1 Å². The Labute approximate surface area is 193 Å². The Morgan fingerprint density at radius 2 is 2.00 bits per heavy atom. The monoisotopic (exact) mass is 454 g/mol. The van der Waals surface area contributed by atoms with Gasteiger partial charge in [-0.15, -0.1) is 11.3 Å². The first-order valence-electron chi connectivity index (χ1n) is 10.7. The van der Waals surface area contributed by atoms with Crippen molar-refractivity contribution in [3.8, 4) is 21.7 Å². The van der Waals surface area contributed by atoms with Crippen LogP contribution >= 0.6 is 11.3 Å². The predicted molar refractivity (Wildman–Crippen MR) is 128 cm³/mol. The summed E-state index contributed by atoms with van der Waals surface area (Å²) in [6.07, 6.45) is 7.17. The van der Waals surface area contributed by atoms with Gasteiger partial charge in [-0.25, -0.2) is 19.3 Å². The van der Waals surface area contributed by atoms with E-state index >= 15 is 0 Å². The van der Waals surface area contributed by atoms with E-state index in [1.165, 1.54) is 12.1 Å². The Morgan fingerprint density at radius 1 is 1.06 bits per heavy atom. The van der Waals surface area contributed by atoms with E-state index in [0.29, 0.717) is 12.4 Å². The highest BCUT2D eigenvalue weighted by atomic mass is 32.1. The number of imidazole rings is 1. The van der Waals surface area contributed by atoms with Crippen LogP contribution in [0.1, 0.15) is 28.5 Å². The lowest BCUT2D eigenvalue weighted by molar-refractivity contribution is 0.628. The van der Waals surface area contributed by atoms with Crippen molar-refractivity contribution in [2.45, 2.75) is 19.8 Å². The van der Waals surface area contributed by atoms with Crippen LogP contribution in [0.2, 0.25) is 0 Å². The zero-order valence-corrected chi connectivity index (χ0v) is 18.7. The van der Waals surface area contributed by atoms with Gasteiger partial charge in [0, 0.05) is 24.5 Å². The first-order valence-corrected chi connectivity index (χ1v) is 11.5. The lowest BCUT2D eigenvalue weighted by atomic mass is 10.0. The summed E-state index contributed by atoms with van der Waals surface area (Å²) in [5.41, 5.74) is 6.62. The van der Waals surface area contributed by atoms with E-state index in [0.717, 1.165) is 67.5 Å². The van der Waals surface area contributed by atoms with Gasteiger partial charge in [0.25, 0.3) is 0 Å². The maximum Gasteiger partial charge on any atom is 0.159 e. The van der Waals surface area contributed by atoms with Crippen molar-refractivity contribution < 1.29 is 4.39 Å². The molecule has 1 aliphatic rings. The van der Waals surface area contributed by atoms with Crippen molar-refractivity contribution in [2.75, 3.05) is 6.54 Å². The van der Waals surface area contributed by atoms with Gasteiger partial charge in [0.15, 0.2) is 5.82 Å². The Bertz CT molecular complexity index is 1530. The number of hydrogen-bond donors (Lipinski definition) is 1. The molecule has 1 N–H and O–H groups in total. The average molecular weight is 455 g/mol. The first kappa shape index (κ1) is 19.9. The molecule has 0 atom stereocenters. The second-order valence-corrected chi connectivity index (χ2v) is 9.20. The third-order valence-corrected chi connectivity index (χ3v) is 6.64. The number of aromatic amines is 1. The number of aryl methyl sites for hydroxylation is 2. The van der Waals surface area contributed by atoms with Crippen LogP contribution in [0.3, 0.4) is 0 Å². The number of thiazole rings is 1. The Morgan fingerprint density at radius 3 is 2.85 bits per heavy atom. The van der Waals surface area contributed by atoms with Crippen molar-refractivity contribution in [2.24, 2.45) is 4.99 Å². The molecule has 0 amide bonds. The summed E-state index contributed by atoms with van der Waals surface area (Å²) in [6.45, 7) is 2.69. The molecule has 5 heterocycles. The molecule has 33 heavy (non-hydrogen) atoms. The summed E-state index contributed by atoms with van der Waals surface area (Å²) in [5.74, 6) is 0.348. The van der Waals surface area contributed by atoms with Gasteiger partial charge in [0.2, 0.25) is 0 Å². The molecule has 0 bridgehead atoms. The Hall–Kier alpha value is -3.78. The molecule has 0 saturated carbocycles. The molecule has 0 radical (unpaired) electrons. The zero-order chi connectivity index (χ0) is 22.4. The molecule has 0 spiro atoms. The normalized spacial score (nSPS) is 13.6. The molecule has 1 aliphatic heterocycles. The molecule has 0 aliphatic carbocycles. The highest BCUT2D eigenvalue weighted by Gasteiger charge is 2.22. The smallest absolute Gasteiger partial charge is 0.159 e. The minimum Gasteiger partial charge on any atom is -0.335 e. The highest BCUT2D eigenvalue weighted by Crippen LogP contribution is 2.30. The number of rotatable bonds is 3. The van der Waals surface area contributed by atoms with E-state index in [2.05, 4.69) is 27.1 Å². The molecule has 5 aromatic rings. The van der Waals surface area contributed by atoms with Crippen LogP contribution in [0.15, 0.2) is 60.0 Å². The topological polar surface area (TPSA) is 79.7 Å². The molecule has 0 saturated heterocycles. The SMILES string of the molecule is Cc1ncc(-c2ccc3c(n2)C(c2nc4c(-c5cccc(F)c5)cncc4[nH]2)=NCCC3)s1. The largest absolute Gasteiger partial charge is 0.335 e. The highest BCUT2D eigenvalue weighted by molar-refractivity contribution is 7.15. The first-order chi connectivity index (χ1) is 16.2. The van der Waals surface area contributed by atoms with Crippen LogP contribution in [0.5, 0.6) is 0 Å². The lowest BCUT2D eigenvalue weighted by Crippen LogP contribution is -2.11. The zero-order valence-electron chi connectivity index (χ0n) is 17.8. The molecular weight excluding hydrogens is 435 g/mol. The summed E-state index contributed by atoms with van der Waals surface area (Å²) < 4.78 is 13.9. The van der Waals surface area contributed by atoms with Crippen LogP contribution < -0.4 is 0 Å². The minimum atomic E-state index is -0.294. The van der Waals surface area contributed by atoms with Gasteiger partial charge < -0.3 is 4.98 Å². The van der Waals surface area contributed by atoms with Crippen LogP contribution in [-0.2, 0) is 6.42 Å². The minimum absolute atomic E-state index is 0.294. The molecule has 4 aromatic heterocycles. The number of halogens is 1. The van der Waals surface area contributed by atoms with Gasteiger partial charge in [-0.3, -0.25) is 9.98 Å². The molecule has 6 nitrogen and oxygen atoms in total. The van der Waals surface area contributed by atoms with E-state index in [1.54, 1.807) is 29.8 Å². The van der Waals surface area contributed by atoms with Crippen molar-refractivity contribution in [3.05, 3.63) is 82.9 Å². The van der Waals surface area contributed by atoms with Gasteiger partial charge in [0.1, 0.15) is 11.5 Å². The van der Waals surface area contributed by atoms with Gasteiger partial charge in [-0.05, 0) is 49.1 Å². The van der Waals surface area contributed by atoms with Gasteiger partial charge >= 0.3 is 0 Å². The van der Waals surface area contributed by atoms with Gasteiger partial charge in [-0.2, -0.15) is 0 Å². The molecule has 1 aromatic carbocycles. The number of benzene rings is 1. The summed E-state index contributed by atoms with van der Waals surface area (Å²) in [5, 5.41) is 1.00. The maximum atomic E-state index is 13.9. The van der Waals surface area contributed by atoms with Crippen LogP contribution in [0, 0.1) is 12.7 Å². The second-order valence-electron chi connectivity index (χ2n) is 7.96.